The standard InChI is InChI=1S/C14H22ClNO3/c1-10-4-5-12(15)6-14(10)16-7-13(17)9-19-11(2)8-18-3/h4-6,11,13,16-17H,7-9H2,1-3H3. The van der Waals surface area contributed by atoms with Crippen molar-refractivity contribution in [2.75, 3.05) is 32.2 Å². The minimum Gasteiger partial charge on any atom is -0.389 e. The highest BCUT2D eigenvalue weighted by atomic mass is 35.5. The molecule has 0 spiro atoms. The van der Waals surface area contributed by atoms with Crippen molar-refractivity contribution in [2.45, 2.75) is 26.1 Å². The summed E-state index contributed by atoms with van der Waals surface area (Å²) in [5.74, 6) is 0. The number of hydrogen-bond acceptors (Lipinski definition) is 4. The van der Waals surface area contributed by atoms with Crippen LogP contribution in [0.4, 0.5) is 5.69 Å². The fourth-order valence-electron chi connectivity index (χ4n) is 1.63. The van der Waals surface area contributed by atoms with Gasteiger partial charge >= 0.3 is 0 Å². The quantitative estimate of drug-likeness (QED) is 0.771. The molecule has 0 saturated heterocycles. The number of halogens is 1. The first kappa shape index (κ1) is 16.2. The molecule has 1 rings (SSSR count). The van der Waals surface area contributed by atoms with Crippen LogP contribution in [0.15, 0.2) is 18.2 Å². The van der Waals surface area contributed by atoms with Gasteiger partial charge in [0.05, 0.1) is 25.4 Å². The predicted molar refractivity (Wildman–Crippen MR) is 78.0 cm³/mol. The van der Waals surface area contributed by atoms with Crippen molar-refractivity contribution < 1.29 is 14.6 Å². The number of hydrogen-bond donors (Lipinski definition) is 2. The molecule has 2 unspecified atom stereocenters. The third kappa shape index (κ3) is 6.25. The number of anilines is 1. The molecule has 2 N–H and O–H groups in total. The second-order valence-electron chi connectivity index (χ2n) is 4.59. The van der Waals surface area contributed by atoms with Gasteiger partial charge in [0.15, 0.2) is 0 Å². The van der Waals surface area contributed by atoms with Gasteiger partial charge in [0.1, 0.15) is 0 Å². The Bertz CT molecular complexity index is 387. The Hall–Kier alpha value is -0.810. The third-order valence-corrected chi connectivity index (χ3v) is 2.94. The second-order valence-corrected chi connectivity index (χ2v) is 5.03. The topological polar surface area (TPSA) is 50.7 Å². The van der Waals surface area contributed by atoms with Crippen LogP contribution in [0.2, 0.25) is 5.02 Å². The molecule has 4 nitrogen and oxygen atoms in total. The maximum Gasteiger partial charge on any atom is 0.0945 e. The van der Waals surface area contributed by atoms with Crippen molar-refractivity contribution in [3.05, 3.63) is 28.8 Å². The molecule has 0 heterocycles. The van der Waals surface area contributed by atoms with E-state index in [9.17, 15) is 5.11 Å². The van der Waals surface area contributed by atoms with Gasteiger partial charge in [-0.3, -0.25) is 0 Å². The van der Waals surface area contributed by atoms with Gasteiger partial charge in [-0.25, -0.2) is 0 Å². The maximum atomic E-state index is 9.83. The average Bonchev–Trinajstić information content (AvgIpc) is 2.38. The van der Waals surface area contributed by atoms with E-state index in [-0.39, 0.29) is 12.7 Å². The fourth-order valence-corrected chi connectivity index (χ4v) is 1.80. The van der Waals surface area contributed by atoms with E-state index in [1.54, 1.807) is 7.11 Å². The van der Waals surface area contributed by atoms with Crippen molar-refractivity contribution in [3.63, 3.8) is 0 Å². The average molecular weight is 288 g/mol. The molecule has 0 fully saturated rings. The van der Waals surface area contributed by atoms with Crippen LogP contribution in [-0.4, -0.2) is 44.2 Å². The largest absolute Gasteiger partial charge is 0.389 e. The van der Waals surface area contributed by atoms with Gasteiger partial charge in [0.2, 0.25) is 0 Å². The Morgan fingerprint density at radius 1 is 1.37 bits per heavy atom. The molecule has 1 aromatic rings. The van der Waals surface area contributed by atoms with Crippen LogP contribution in [-0.2, 0) is 9.47 Å². The summed E-state index contributed by atoms with van der Waals surface area (Å²) in [7, 11) is 1.62. The Morgan fingerprint density at radius 2 is 2.11 bits per heavy atom. The van der Waals surface area contributed by atoms with Gasteiger partial charge in [-0.05, 0) is 31.5 Å². The molecule has 0 aliphatic rings. The van der Waals surface area contributed by atoms with Gasteiger partial charge in [-0.15, -0.1) is 0 Å². The smallest absolute Gasteiger partial charge is 0.0945 e. The van der Waals surface area contributed by atoms with E-state index < -0.39 is 6.10 Å². The van der Waals surface area contributed by atoms with E-state index in [0.29, 0.717) is 18.2 Å². The molecular formula is C14H22ClNO3. The van der Waals surface area contributed by atoms with Crippen molar-refractivity contribution in [2.24, 2.45) is 0 Å². The summed E-state index contributed by atoms with van der Waals surface area (Å²) in [6, 6.07) is 5.63. The summed E-state index contributed by atoms with van der Waals surface area (Å²) in [5, 5.41) is 13.7. The van der Waals surface area contributed by atoms with Gasteiger partial charge < -0.3 is 19.9 Å². The number of aryl methyl sites for hydroxylation is 1. The monoisotopic (exact) mass is 287 g/mol. The zero-order valence-electron chi connectivity index (χ0n) is 11.6. The fraction of sp³-hybridized carbons (Fsp3) is 0.571. The minimum atomic E-state index is -0.572. The molecule has 19 heavy (non-hydrogen) atoms. The van der Waals surface area contributed by atoms with Crippen LogP contribution in [0.25, 0.3) is 0 Å². The molecule has 5 heteroatoms. The summed E-state index contributed by atoms with van der Waals surface area (Å²) in [4.78, 5) is 0. The van der Waals surface area contributed by atoms with E-state index in [0.717, 1.165) is 11.3 Å². The van der Waals surface area contributed by atoms with Crippen LogP contribution in [0.1, 0.15) is 12.5 Å². The minimum absolute atomic E-state index is 0.0208. The van der Waals surface area contributed by atoms with Crippen molar-refractivity contribution in [1.29, 1.82) is 0 Å². The molecule has 0 aliphatic heterocycles. The Balaban J connectivity index is 2.33. The number of aliphatic hydroxyl groups excluding tert-OH is 1. The molecular weight excluding hydrogens is 266 g/mol. The summed E-state index contributed by atoms with van der Waals surface area (Å²) in [6.45, 7) is 5.11. The number of benzene rings is 1. The lowest BCUT2D eigenvalue weighted by atomic mass is 10.2. The van der Waals surface area contributed by atoms with E-state index >= 15 is 0 Å². The molecule has 0 amide bonds. The van der Waals surface area contributed by atoms with E-state index in [2.05, 4.69) is 5.32 Å². The lowest BCUT2D eigenvalue weighted by Gasteiger charge is -2.17. The highest BCUT2D eigenvalue weighted by molar-refractivity contribution is 6.30. The lowest BCUT2D eigenvalue weighted by Crippen LogP contribution is -2.28. The number of ether oxygens (including phenoxy) is 2. The van der Waals surface area contributed by atoms with Crippen molar-refractivity contribution in [1.82, 2.24) is 0 Å². The molecule has 0 saturated carbocycles. The lowest BCUT2D eigenvalue weighted by molar-refractivity contribution is -0.0282. The number of nitrogens with one attached hydrogen (secondary N) is 1. The van der Waals surface area contributed by atoms with Crippen molar-refractivity contribution in [3.8, 4) is 0 Å². The van der Waals surface area contributed by atoms with E-state index in [1.807, 2.05) is 32.0 Å². The molecule has 1 aromatic carbocycles. The first-order valence-electron chi connectivity index (χ1n) is 6.31. The SMILES string of the molecule is COCC(C)OCC(O)CNc1cc(Cl)ccc1C. The van der Waals surface area contributed by atoms with Crippen LogP contribution >= 0.6 is 11.6 Å². The summed E-state index contributed by atoms with van der Waals surface area (Å²) in [6.07, 6.45) is -0.592. The highest BCUT2D eigenvalue weighted by Gasteiger charge is 2.08. The third-order valence-electron chi connectivity index (χ3n) is 2.70. The number of aliphatic hydroxyl groups is 1. The Labute approximate surface area is 119 Å². The Kier molecular flexibility index (Phi) is 7.16. The van der Waals surface area contributed by atoms with Crippen LogP contribution < -0.4 is 5.32 Å². The van der Waals surface area contributed by atoms with E-state index in [4.69, 9.17) is 21.1 Å². The summed E-state index contributed by atoms with van der Waals surface area (Å²) < 4.78 is 10.4. The van der Waals surface area contributed by atoms with Crippen molar-refractivity contribution >= 4 is 17.3 Å². The molecule has 0 radical (unpaired) electrons. The summed E-state index contributed by atoms with van der Waals surface area (Å²) >= 11 is 5.93. The molecule has 0 bridgehead atoms. The molecule has 0 aliphatic carbocycles. The van der Waals surface area contributed by atoms with Crippen LogP contribution in [0.3, 0.4) is 0 Å². The first-order valence-corrected chi connectivity index (χ1v) is 6.69. The molecule has 108 valence electrons. The predicted octanol–water partition coefficient (Wildman–Crippen LogP) is 2.47. The zero-order chi connectivity index (χ0) is 14.3. The number of methoxy groups -OCH3 is 1. The summed E-state index contributed by atoms with van der Waals surface area (Å²) in [5.41, 5.74) is 2.02. The van der Waals surface area contributed by atoms with Gasteiger partial charge in [0.25, 0.3) is 0 Å². The first-order chi connectivity index (χ1) is 9.02. The van der Waals surface area contributed by atoms with E-state index in [1.165, 1.54) is 0 Å². The Morgan fingerprint density at radius 3 is 2.79 bits per heavy atom. The van der Waals surface area contributed by atoms with Gasteiger partial charge in [-0.2, -0.15) is 0 Å². The zero-order valence-corrected chi connectivity index (χ0v) is 12.4. The second kappa shape index (κ2) is 8.38. The van der Waals surface area contributed by atoms with Crippen LogP contribution in [0, 0.1) is 6.92 Å². The van der Waals surface area contributed by atoms with Gasteiger partial charge in [0, 0.05) is 24.4 Å². The van der Waals surface area contributed by atoms with Gasteiger partial charge in [-0.1, -0.05) is 17.7 Å². The highest BCUT2D eigenvalue weighted by Crippen LogP contribution is 2.19. The maximum absolute atomic E-state index is 9.83. The molecule has 2 atom stereocenters. The molecule has 0 aromatic heterocycles. The number of rotatable bonds is 8. The van der Waals surface area contributed by atoms with Crippen LogP contribution in [0.5, 0.6) is 0 Å². The normalized spacial score (nSPS) is 14.2.